The lowest BCUT2D eigenvalue weighted by Gasteiger charge is -2.21. The van der Waals surface area contributed by atoms with Gasteiger partial charge in [0.05, 0.1) is 11.1 Å². The number of rotatable bonds is 7. The summed E-state index contributed by atoms with van der Waals surface area (Å²) in [5, 5.41) is 10.3. The van der Waals surface area contributed by atoms with Crippen LogP contribution in [0.2, 0.25) is 5.02 Å². The summed E-state index contributed by atoms with van der Waals surface area (Å²) in [6.07, 6.45) is 3.99. The zero-order valence-corrected chi connectivity index (χ0v) is 11.9. The minimum atomic E-state index is -0.491. The number of halogens is 2. The van der Waals surface area contributed by atoms with Gasteiger partial charge >= 0.3 is 0 Å². The molecule has 0 heterocycles. The van der Waals surface area contributed by atoms with E-state index in [4.69, 9.17) is 11.6 Å². The molecule has 0 saturated carbocycles. The van der Waals surface area contributed by atoms with Crippen molar-refractivity contribution >= 4 is 11.6 Å². The Morgan fingerprint density at radius 3 is 2.67 bits per heavy atom. The van der Waals surface area contributed by atoms with Crippen LogP contribution in [0.25, 0.3) is 0 Å². The molecule has 0 aliphatic rings. The highest BCUT2D eigenvalue weighted by molar-refractivity contribution is 6.30. The fourth-order valence-corrected chi connectivity index (χ4v) is 2.43. The topological polar surface area (TPSA) is 20.2 Å². The fourth-order valence-electron chi connectivity index (χ4n) is 2.23. The lowest BCUT2D eigenvalue weighted by Crippen LogP contribution is -2.23. The summed E-state index contributed by atoms with van der Waals surface area (Å²) < 4.78 is 13.7. The van der Waals surface area contributed by atoms with Crippen molar-refractivity contribution < 1.29 is 9.50 Å². The van der Waals surface area contributed by atoms with Crippen LogP contribution in [0.4, 0.5) is 4.39 Å². The molecule has 0 amide bonds. The summed E-state index contributed by atoms with van der Waals surface area (Å²) in [6.45, 7) is 4.20. The highest BCUT2D eigenvalue weighted by atomic mass is 35.5. The number of aliphatic hydroxyl groups excluding tert-OH is 1. The van der Waals surface area contributed by atoms with E-state index in [1.54, 1.807) is 12.1 Å². The van der Waals surface area contributed by atoms with Gasteiger partial charge in [-0.2, -0.15) is 0 Å². The molecule has 0 fully saturated rings. The van der Waals surface area contributed by atoms with Gasteiger partial charge in [0, 0.05) is 6.42 Å². The maximum absolute atomic E-state index is 13.7. The molecular formula is C15H22ClFO. The number of hydrogen-bond acceptors (Lipinski definition) is 1. The molecule has 1 aromatic carbocycles. The van der Waals surface area contributed by atoms with Gasteiger partial charge in [0.2, 0.25) is 0 Å². The van der Waals surface area contributed by atoms with Gasteiger partial charge in [-0.1, -0.05) is 56.8 Å². The summed E-state index contributed by atoms with van der Waals surface area (Å²) in [5.74, 6) is -0.160. The Morgan fingerprint density at radius 2 is 2.06 bits per heavy atom. The number of hydrogen-bond donors (Lipinski definition) is 1. The van der Waals surface area contributed by atoms with Crippen molar-refractivity contribution in [2.45, 2.75) is 52.1 Å². The third-order valence-electron chi connectivity index (χ3n) is 3.46. The predicted molar refractivity (Wildman–Crippen MR) is 74.4 cm³/mol. The third kappa shape index (κ3) is 4.25. The van der Waals surface area contributed by atoms with Crippen molar-refractivity contribution in [1.29, 1.82) is 0 Å². The molecule has 0 aliphatic carbocycles. The molecule has 2 unspecified atom stereocenters. The molecule has 2 atom stereocenters. The van der Waals surface area contributed by atoms with E-state index in [0.29, 0.717) is 12.0 Å². The van der Waals surface area contributed by atoms with Gasteiger partial charge < -0.3 is 5.11 Å². The zero-order chi connectivity index (χ0) is 13.5. The van der Waals surface area contributed by atoms with Crippen LogP contribution >= 0.6 is 11.6 Å². The molecule has 1 nitrogen and oxygen atoms in total. The normalized spacial score (nSPS) is 14.5. The van der Waals surface area contributed by atoms with Crippen LogP contribution in [0, 0.1) is 11.7 Å². The van der Waals surface area contributed by atoms with E-state index in [-0.39, 0.29) is 10.9 Å². The average molecular weight is 273 g/mol. The lowest BCUT2D eigenvalue weighted by molar-refractivity contribution is 0.0979. The van der Waals surface area contributed by atoms with Gasteiger partial charge in [-0.15, -0.1) is 0 Å². The molecule has 1 rings (SSSR count). The van der Waals surface area contributed by atoms with Crippen molar-refractivity contribution in [3.63, 3.8) is 0 Å². The Morgan fingerprint density at radius 1 is 1.33 bits per heavy atom. The largest absolute Gasteiger partial charge is 0.392 e. The fraction of sp³-hybridized carbons (Fsp3) is 0.600. The minimum absolute atomic E-state index is 0.126. The van der Waals surface area contributed by atoms with E-state index in [9.17, 15) is 9.50 Å². The smallest absolute Gasteiger partial charge is 0.145 e. The summed E-state index contributed by atoms with van der Waals surface area (Å²) >= 11 is 5.74. The molecule has 0 aliphatic heterocycles. The van der Waals surface area contributed by atoms with Crippen molar-refractivity contribution in [3.8, 4) is 0 Å². The number of benzene rings is 1. The first-order valence-electron chi connectivity index (χ1n) is 6.71. The zero-order valence-electron chi connectivity index (χ0n) is 11.1. The van der Waals surface area contributed by atoms with Crippen molar-refractivity contribution in [3.05, 3.63) is 34.6 Å². The summed E-state index contributed by atoms with van der Waals surface area (Å²) in [5.41, 5.74) is 0.505. The first-order valence-corrected chi connectivity index (χ1v) is 7.08. The maximum Gasteiger partial charge on any atom is 0.145 e. The highest BCUT2D eigenvalue weighted by Gasteiger charge is 2.19. The van der Waals surface area contributed by atoms with Gasteiger partial charge in [0.15, 0.2) is 0 Å². The molecule has 0 radical (unpaired) electrons. The second-order valence-electron chi connectivity index (χ2n) is 4.79. The Bertz CT molecular complexity index is 368. The van der Waals surface area contributed by atoms with Crippen LogP contribution in [0.5, 0.6) is 0 Å². The molecule has 1 aromatic rings. The van der Waals surface area contributed by atoms with Crippen LogP contribution in [-0.4, -0.2) is 11.2 Å². The quantitative estimate of drug-likeness (QED) is 0.769. The number of unbranched alkanes of at least 4 members (excludes halogenated alkanes) is 1. The summed E-state index contributed by atoms with van der Waals surface area (Å²) in [4.78, 5) is 0. The Kier molecular flexibility index (Phi) is 6.66. The lowest BCUT2D eigenvalue weighted by atomic mass is 9.89. The first-order chi connectivity index (χ1) is 8.60. The summed E-state index contributed by atoms with van der Waals surface area (Å²) in [7, 11) is 0. The van der Waals surface area contributed by atoms with E-state index in [1.807, 2.05) is 0 Å². The highest BCUT2D eigenvalue weighted by Crippen LogP contribution is 2.24. The van der Waals surface area contributed by atoms with Crippen LogP contribution in [0.1, 0.15) is 45.1 Å². The molecular weight excluding hydrogens is 251 g/mol. The van der Waals surface area contributed by atoms with Crippen LogP contribution in [-0.2, 0) is 6.42 Å². The Balaban J connectivity index is 2.67. The summed E-state index contributed by atoms with van der Waals surface area (Å²) in [6, 6.07) is 4.94. The molecule has 0 saturated heterocycles. The Labute approximate surface area is 114 Å². The van der Waals surface area contributed by atoms with Crippen molar-refractivity contribution in [2.24, 2.45) is 5.92 Å². The SMILES string of the molecule is CCCCC(CC)C(O)Cc1cccc(Cl)c1F. The van der Waals surface area contributed by atoms with E-state index in [2.05, 4.69) is 13.8 Å². The molecule has 18 heavy (non-hydrogen) atoms. The standard InChI is InChI=1S/C15H22ClFO/c1-3-5-7-11(4-2)14(18)10-12-8-6-9-13(16)15(12)17/h6,8-9,11,14,18H,3-5,7,10H2,1-2H3. The number of aliphatic hydroxyl groups is 1. The predicted octanol–water partition coefficient (Wildman–Crippen LogP) is 4.60. The van der Waals surface area contributed by atoms with Gasteiger partial charge in [-0.3, -0.25) is 0 Å². The van der Waals surface area contributed by atoms with Crippen molar-refractivity contribution in [2.75, 3.05) is 0 Å². The minimum Gasteiger partial charge on any atom is -0.392 e. The molecule has 1 N–H and O–H groups in total. The van der Waals surface area contributed by atoms with E-state index >= 15 is 0 Å². The average Bonchev–Trinajstić information content (AvgIpc) is 2.36. The first kappa shape index (κ1) is 15.5. The van der Waals surface area contributed by atoms with Crippen LogP contribution in [0.3, 0.4) is 0 Å². The second-order valence-corrected chi connectivity index (χ2v) is 5.20. The third-order valence-corrected chi connectivity index (χ3v) is 3.75. The monoisotopic (exact) mass is 272 g/mol. The van der Waals surface area contributed by atoms with Gasteiger partial charge in [-0.05, 0) is 24.0 Å². The van der Waals surface area contributed by atoms with Crippen molar-refractivity contribution in [1.82, 2.24) is 0 Å². The van der Waals surface area contributed by atoms with Crippen LogP contribution in [0.15, 0.2) is 18.2 Å². The Hall–Kier alpha value is -0.600. The molecule has 0 bridgehead atoms. The van der Waals surface area contributed by atoms with E-state index in [0.717, 1.165) is 25.7 Å². The van der Waals surface area contributed by atoms with E-state index < -0.39 is 11.9 Å². The van der Waals surface area contributed by atoms with Gasteiger partial charge in [0.25, 0.3) is 0 Å². The molecule has 0 aromatic heterocycles. The maximum atomic E-state index is 13.7. The second kappa shape index (κ2) is 7.75. The van der Waals surface area contributed by atoms with Gasteiger partial charge in [-0.25, -0.2) is 4.39 Å². The molecule has 3 heteroatoms. The molecule has 0 spiro atoms. The van der Waals surface area contributed by atoms with E-state index in [1.165, 1.54) is 6.07 Å². The van der Waals surface area contributed by atoms with Crippen LogP contribution < -0.4 is 0 Å². The molecule has 102 valence electrons. The van der Waals surface area contributed by atoms with Gasteiger partial charge in [0.1, 0.15) is 5.82 Å².